The summed E-state index contributed by atoms with van der Waals surface area (Å²) in [4.78, 5) is 22.3. The molecule has 1 aromatic rings. The molecule has 0 spiro atoms. The fraction of sp³-hybridized carbons (Fsp3) is 0.500. The molecule has 0 saturated heterocycles. The molecule has 1 amide bonds. The second-order valence-corrected chi connectivity index (χ2v) is 5.85. The Hall–Kier alpha value is -2.18. The third-order valence-electron chi connectivity index (χ3n) is 4.04. The highest BCUT2D eigenvalue weighted by Gasteiger charge is 2.30. The summed E-state index contributed by atoms with van der Waals surface area (Å²) in [6.45, 7) is 2.52. The van der Waals surface area contributed by atoms with Gasteiger partial charge in [-0.15, -0.1) is 0 Å². The van der Waals surface area contributed by atoms with Gasteiger partial charge in [-0.3, -0.25) is 14.9 Å². The van der Waals surface area contributed by atoms with Crippen LogP contribution in [0.1, 0.15) is 43.0 Å². The number of nitrogens with zero attached hydrogens (tertiary/aromatic N) is 1. The molecule has 0 unspecified atom stereocenters. The first-order valence-corrected chi connectivity index (χ1v) is 6.84. The van der Waals surface area contributed by atoms with Crippen molar-refractivity contribution in [2.75, 3.05) is 12.3 Å². The summed E-state index contributed by atoms with van der Waals surface area (Å²) in [7, 11) is 0. The highest BCUT2D eigenvalue weighted by molar-refractivity contribution is 5.99. The van der Waals surface area contributed by atoms with Crippen LogP contribution in [-0.2, 0) is 0 Å². The average Bonchev–Trinajstić information content (AvgIpc) is 2.86. The molecule has 0 heterocycles. The lowest BCUT2D eigenvalue weighted by molar-refractivity contribution is -0.385. The molecule has 1 fully saturated rings. The number of rotatable bonds is 4. The predicted molar refractivity (Wildman–Crippen MR) is 76.4 cm³/mol. The zero-order valence-electron chi connectivity index (χ0n) is 11.8. The summed E-state index contributed by atoms with van der Waals surface area (Å²) in [5.41, 5.74) is 4.36. The zero-order valence-corrected chi connectivity index (χ0v) is 11.8. The maximum absolute atomic E-state index is 13.3. The van der Waals surface area contributed by atoms with Gasteiger partial charge in [0.15, 0.2) is 5.82 Å². The van der Waals surface area contributed by atoms with Crippen LogP contribution in [-0.4, -0.2) is 17.4 Å². The number of nitrogens with two attached hydrogens (primary N) is 1. The van der Waals surface area contributed by atoms with Crippen LogP contribution in [0.3, 0.4) is 0 Å². The Kier molecular flexibility index (Phi) is 4.11. The van der Waals surface area contributed by atoms with Gasteiger partial charge in [0.2, 0.25) is 0 Å². The third kappa shape index (κ3) is 3.29. The van der Waals surface area contributed by atoms with Crippen molar-refractivity contribution in [2.45, 2.75) is 32.6 Å². The number of halogens is 1. The van der Waals surface area contributed by atoms with E-state index in [1.54, 1.807) is 0 Å². The quantitative estimate of drug-likeness (QED) is 0.506. The number of hydrogen-bond acceptors (Lipinski definition) is 4. The van der Waals surface area contributed by atoms with Gasteiger partial charge in [-0.25, -0.2) is 4.39 Å². The van der Waals surface area contributed by atoms with E-state index in [-0.39, 0.29) is 16.7 Å². The summed E-state index contributed by atoms with van der Waals surface area (Å²) in [5.74, 6) is -1.50. The minimum Gasteiger partial charge on any atom is -0.396 e. The molecule has 1 saturated carbocycles. The highest BCUT2D eigenvalue weighted by atomic mass is 19.1. The molecule has 6 nitrogen and oxygen atoms in total. The van der Waals surface area contributed by atoms with Crippen LogP contribution >= 0.6 is 0 Å². The normalized spacial score (nSPS) is 16.7. The molecular formula is C14H18FN3O3. The van der Waals surface area contributed by atoms with Crippen LogP contribution in [0, 0.1) is 21.3 Å². The van der Waals surface area contributed by atoms with Gasteiger partial charge in [-0.2, -0.15) is 0 Å². The number of amides is 1. The Morgan fingerprint density at radius 1 is 1.48 bits per heavy atom. The van der Waals surface area contributed by atoms with Crippen LogP contribution in [0.25, 0.3) is 0 Å². The monoisotopic (exact) mass is 295 g/mol. The van der Waals surface area contributed by atoms with E-state index in [4.69, 9.17) is 5.73 Å². The summed E-state index contributed by atoms with van der Waals surface area (Å²) in [6.07, 6.45) is 4.27. The number of hydrogen-bond donors (Lipinski definition) is 2. The molecule has 7 heteroatoms. The van der Waals surface area contributed by atoms with Gasteiger partial charge in [-0.1, -0.05) is 19.8 Å². The van der Waals surface area contributed by atoms with Gasteiger partial charge < -0.3 is 11.1 Å². The van der Waals surface area contributed by atoms with Crippen molar-refractivity contribution in [1.82, 2.24) is 5.32 Å². The zero-order chi connectivity index (χ0) is 15.6. The van der Waals surface area contributed by atoms with E-state index in [1.165, 1.54) is 0 Å². The molecule has 0 aromatic heterocycles. The van der Waals surface area contributed by atoms with Gasteiger partial charge in [0.25, 0.3) is 11.6 Å². The van der Waals surface area contributed by atoms with E-state index < -0.39 is 22.3 Å². The van der Waals surface area contributed by atoms with Gasteiger partial charge in [-0.05, 0) is 24.3 Å². The Morgan fingerprint density at radius 3 is 2.67 bits per heavy atom. The number of nitro benzene ring substituents is 1. The fourth-order valence-corrected chi connectivity index (χ4v) is 2.71. The lowest BCUT2D eigenvalue weighted by Gasteiger charge is -2.23. The Balaban J connectivity index is 2.18. The van der Waals surface area contributed by atoms with Crippen LogP contribution in [0.15, 0.2) is 12.1 Å². The second kappa shape index (κ2) is 5.67. The van der Waals surface area contributed by atoms with Crippen molar-refractivity contribution in [3.05, 3.63) is 33.6 Å². The van der Waals surface area contributed by atoms with Gasteiger partial charge in [0, 0.05) is 6.54 Å². The van der Waals surface area contributed by atoms with E-state index in [9.17, 15) is 19.3 Å². The van der Waals surface area contributed by atoms with Crippen molar-refractivity contribution in [2.24, 2.45) is 5.41 Å². The van der Waals surface area contributed by atoms with Crippen molar-refractivity contribution in [1.29, 1.82) is 0 Å². The minimum atomic E-state index is -0.902. The Morgan fingerprint density at radius 2 is 2.10 bits per heavy atom. The van der Waals surface area contributed by atoms with Crippen molar-refractivity contribution in [3.63, 3.8) is 0 Å². The van der Waals surface area contributed by atoms with E-state index in [2.05, 4.69) is 12.2 Å². The molecule has 21 heavy (non-hydrogen) atoms. The number of benzene rings is 1. The molecule has 114 valence electrons. The maximum Gasteiger partial charge on any atom is 0.285 e. The summed E-state index contributed by atoms with van der Waals surface area (Å²) in [5, 5.41) is 13.6. The number of carbonyl (C=O) groups excluding carboxylic acids is 1. The minimum absolute atomic E-state index is 0.0238. The molecule has 3 N–H and O–H groups in total. The average molecular weight is 295 g/mol. The first kappa shape index (κ1) is 15.2. The maximum atomic E-state index is 13.3. The van der Waals surface area contributed by atoms with E-state index in [1.807, 2.05) is 0 Å². The lowest BCUT2D eigenvalue weighted by atomic mass is 9.89. The molecule has 1 aromatic carbocycles. The molecule has 0 bridgehead atoms. The number of anilines is 1. The van der Waals surface area contributed by atoms with Gasteiger partial charge in [0.05, 0.1) is 16.7 Å². The van der Waals surface area contributed by atoms with Crippen LogP contribution in [0.4, 0.5) is 15.8 Å². The number of carbonyl (C=O) groups is 1. The third-order valence-corrected chi connectivity index (χ3v) is 4.04. The first-order valence-electron chi connectivity index (χ1n) is 6.84. The summed E-state index contributed by atoms with van der Waals surface area (Å²) < 4.78 is 13.3. The van der Waals surface area contributed by atoms with Gasteiger partial charge in [0.1, 0.15) is 5.56 Å². The Labute approximate surface area is 121 Å². The van der Waals surface area contributed by atoms with Crippen molar-refractivity contribution < 1.29 is 14.1 Å². The molecule has 0 aliphatic heterocycles. The van der Waals surface area contributed by atoms with Gasteiger partial charge >= 0.3 is 0 Å². The van der Waals surface area contributed by atoms with E-state index in [0.717, 1.165) is 31.7 Å². The van der Waals surface area contributed by atoms with Crippen LogP contribution in [0.5, 0.6) is 0 Å². The van der Waals surface area contributed by atoms with Crippen LogP contribution < -0.4 is 11.1 Å². The summed E-state index contributed by atoms with van der Waals surface area (Å²) >= 11 is 0. The second-order valence-electron chi connectivity index (χ2n) is 5.85. The molecule has 0 atom stereocenters. The molecule has 0 radical (unpaired) electrons. The van der Waals surface area contributed by atoms with Crippen LogP contribution in [0.2, 0.25) is 0 Å². The lowest BCUT2D eigenvalue weighted by Crippen LogP contribution is -2.34. The standard InChI is InChI=1S/C14H18FN3O3/c1-14(4-2-3-5-14)8-17-13(19)9-6-11(16)10(15)7-12(9)18(20)21/h6-7H,2-5,8,16H2,1H3,(H,17,19). The first-order chi connectivity index (χ1) is 9.82. The molecule has 1 aliphatic carbocycles. The number of nitro groups is 1. The predicted octanol–water partition coefficient (Wildman–Crippen LogP) is 2.63. The topological polar surface area (TPSA) is 98.3 Å². The smallest absolute Gasteiger partial charge is 0.285 e. The van der Waals surface area contributed by atoms with Crippen molar-refractivity contribution in [3.8, 4) is 0 Å². The van der Waals surface area contributed by atoms with E-state index >= 15 is 0 Å². The molecule has 1 aliphatic rings. The molecule has 2 rings (SSSR count). The number of nitrogen functional groups attached to an aromatic ring is 1. The Bertz CT molecular complexity index is 583. The molecular weight excluding hydrogens is 277 g/mol. The SMILES string of the molecule is CC1(CNC(=O)c2cc(N)c(F)cc2[N+](=O)[O-])CCCC1. The summed E-state index contributed by atoms with van der Waals surface area (Å²) in [6, 6.07) is 1.70. The largest absolute Gasteiger partial charge is 0.396 e. The van der Waals surface area contributed by atoms with Crippen molar-refractivity contribution >= 4 is 17.3 Å². The number of nitrogens with one attached hydrogen (secondary N) is 1. The fourth-order valence-electron chi connectivity index (χ4n) is 2.71. The van der Waals surface area contributed by atoms with E-state index in [0.29, 0.717) is 12.6 Å². The highest BCUT2D eigenvalue weighted by Crippen LogP contribution is 2.36.